The van der Waals surface area contributed by atoms with Gasteiger partial charge >= 0.3 is 0 Å². The van der Waals surface area contributed by atoms with Crippen molar-refractivity contribution in [3.63, 3.8) is 0 Å². The fourth-order valence-electron chi connectivity index (χ4n) is 4.51. The zero-order chi connectivity index (χ0) is 24.5. The van der Waals surface area contributed by atoms with Crippen molar-refractivity contribution < 1.29 is 14.3 Å². The summed E-state index contributed by atoms with van der Waals surface area (Å²) in [5.41, 5.74) is 2.48. The van der Waals surface area contributed by atoms with E-state index in [4.69, 9.17) is 4.74 Å². The predicted molar refractivity (Wildman–Crippen MR) is 137 cm³/mol. The van der Waals surface area contributed by atoms with Gasteiger partial charge in [-0.3, -0.25) is 14.6 Å². The quantitative estimate of drug-likeness (QED) is 0.447. The Labute approximate surface area is 206 Å². The predicted octanol–water partition coefficient (Wildman–Crippen LogP) is 5.03. The topological polar surface area (TPSA) is 71.5 Å². The minimum absolute atomic E-state index is 0.0228. The van der Waals surface area contributed by atoms with Gasteiger partial charge in [-0.05, 0) is 66.6 Å². The molecule has 35 heavy (non-hydrogen) atoms. The number of rotatable bonds is 9. The maximum Gasteiger partial charge on any atom is 0.247 e. The van der Waals surface area contributed by atoms with Gasteiger partial charge in [-0.1, -0.05) is 48.6 Å². The van der Waals surface area contributed by atoms with Gasteiger partial charge in [0.2, 0.25) is 11.8 Å². The lowest BCUT2D eigenvalue weighted by Crippen LogP contribution is -2.51. The maximum absolute atomic E-state index is 13.8. The first-order chi connectivity index (χ1) is 17.1. The van der Waals surface area contributed by atoms with Crippen LogP contribution >= 0.6 is 0 Å². The number of ether oxygens (including phenoxy) is 1. The Morgan fingerprint density at radius 2 is 1.80 bits per heavy atom. The number of pyridine rings is 1. The van der Waals surface area contributed by atoms with Gasteiger partial charge in [-0.25, -0.2) is 0 Å². The molecule has 1 heterocycles. The molecule has 0 saturated heterocycles. The van der Waals surface area contributed by atoms with E-state index in [2.05, 4.69) is 22.5 Å². The molecular formula is C29H31N3O3. The molecule has 0 radical (unpaired) electrons. The number of hydrogen-bond acceptors (Lipinski definition) is 4. The first kappa shape index (κ1) is 24.2. The molecule has 1 aromatic heterocycles. The van der Waals surface area contributed by atoms with Gasteiger partial charge in [0.1, 0.15) is 11.8 Å². The molecule has 6 heteroatoms. The van der Waals surface area contributed by atoms with E-state index in [-0.39, 0.29) is 24.2 Å². The molecule has 2 aromatic carbocycles. The highest BCUT2D eigenvalue weighted by Gasteiger charge is 2.36. The second-order valence-electron chi connectivity index (χ2n) is 8.75. The highest BCUT2D eigenvalue weighted by molar-refractivity contribution is 5.97. The Kier molecular flexibility index (Phi) is 8.28. The third kappa shape index (κ3) is 6.57. The van der Waals surface area contributed by atoms with Crippen LogP contribution in [0, 0.1) is 5.92 Å². The molecule has 0 fully saturated rings. The number of hydrogen-bond donors (Lipinski definition) is 1. The Morgan fingerprint density at radius 3 is 2.46 bits per heavy atom. The average molecular weight is 470 g/mol. The molecule has 3 aromatic rings. The number of methoxy groups -OCH3 is 1. The summed E-state index contributed by atoms with van der Waals surface area (Å²) in [6, 6.07) is 20.1. The summed E-state index contributed by atoms with van der Waals surface area (Å²) in [6.07, 6.45) is 10.4. The van der Waals surface area contributed by atoms with Gasteiger partial charge in [-0.15, -0.1) is 0 Å². The maximum atomic E-state index is 13.8. The molecule has 6 nitrogen and oxygen atoms in total. The third-order valence-electron chi connectivity index (χ3n) is 6.31. The summed E-state index contributed by atoms with van der Waals surface area (Å²) in [7, 11) is 1.61. The van der Waals surface area contributed by atoms with Crippen LogP contribution in [-0.2, 0) is 22.6 Å². The van der Waals surface area contributed by atoms with Crippen molar-refractivity contribution in [3.8, 4) is 5.75 Å². The molecular weight excluding hydrogens is 438 g/mol. The number of carbonyl (C=O) groups is 2. The van der Waals surface area contributed by atoms with Crippen LogP contribution in [0.4, 0.5) is 5.69 Å². The van der Waals surface area contributed by atoms with Crippen LogP contribution in [0.1, 0.15) is 30.4 Å². The Hall–Kier alpha value is -3.93. The van der Waals surface area contributed by atoms with Crippen LogP contribution in [0.15, 0.2) is 91.3 Å². The summed E-state index contributed by atoms with van der Waals surface area (Å²) >= 11 is 0. The molecule has 180 valence electrons. The van der Waals surface area contributed by atoms with Crippen LogP contribution in [0.3, 0.4) is 0 Å². The molecule has 1 aliphatic carbocycles. The van der Waals surface area contributed by atoms with Gasteiger partial charge in [-0.2, -0.15) is 0 Å². The average Bonchev–Trinajstić information content (AvgIpc) is 2.90. The summed E-state index contributed by atoms with van der Waals surface area (Å²) < 4.78 is 5.23. The lowest BCUT2D eigenvalue weighted by Gasteiger charge is -2.37. The van der Waals surface area contributed by atoms with Crippen molar-refractivity contribution in [1.82, 2.24) is 9.88 Å². The first-order valence-corrected chi connectivity index (χ1v) is 12.0. The van der Waals surface area contributed by atoms with Gasteiger partial charge in [0.05, 0.1) is 13.5 Å². The fourth-order valence-corrected chi connectivity index (χ4v) is 4.51. The number of benzene rings is 2. The number of nitrogens with one attached hydrogen (secondary N) is 1. The van der Waals surface area contributed by atoms with Crippen molar-refractivity contribution in [2.45, 2.75) is 38.3 Å². The highest BCUT2D eigenvalue weighted by atomic mass is 16.5. The largest absolute Gasteiger partial charge is 0.497 e. The summed E-state index contributed by atoms with van der Waals surface area (Å²) in [5.74, 6) is 0.480. The molecule has 2 atom stereocenters. The van der Waals surface area contributed by atoms with Crippen molar-refractivity contribution in [2.75, 3.05) is 12.4 Å². The van der Waals surface area contributed by atoms with Crippen LogP contribution in [0.2, 0.25) is 0 Å². The summed E-state index contributed by atoms with van der Waals surface area (Å²) in [5, 5.41) is 3.05. The van der Waals surface area contributed by atoms with Crippen LogP contribution in [0.5, 0.6) is 5.75 Å². The highest BCUT2D eigenvalue weighted by Crippen LogP contribution is 2.28. The van der Waals surface area contributed by atoms with Crippen LogP contribution < -0.4 is 10.1 Å². The molecule has 1 N–H and O–H groups in total. The lowest BCUT2D eigenvalue weighted by molar-refractivity contribution is -0.141. The second-order valence-corrected chi connectivity index (χ2v) is 8.75. The molecule has 1 aliphatic rings. The SMILES string of the molecule is COc1ccc(NC(=O)C(C2CC=CCC2)N(Cc2cccnc2)C(=O)Cc2ccccc2)cc1. The lowest BCUT2D eigenvalue weighted by atomic mass is 9.85. The minimum atomic E-state index is -0.613. The van der Waals surface area contributed by atoms with Crippen LogP contribution in [0.25, 0.3) is 0 Å². The van der Waals surface area contributed by atoms with Gasteiger partial charge in [0.25, 0.3) is 0 Å². The summed E-state index contributed by atoms with van der Waals surface area (Å²) in [6.45, 7) is 0.320. The van der Waals surface area contributed by atoms with Gasteiger partial charge in [0, 0.05) is 24.6 Å². The zero-order valence-electron chi connectivity index (χ0n) is 20.0. The number of carbonyl (C=O) groups excluding carboxylic acids is 2. The van der Waals surface area contributed by atoms with E-state index in [1.54, 1.807) is 24.4 Å². The Morgan fingerprint density at radius 1 is 1.03 bits per heavy atom. The first-order valence-electron chi connectivity index (χ1n) is 12.0. The zero-order valence-corrected chi connectivity index (χ0v) is 20.0. The molecule has 4 rings (SSSR count). The third-order valence-corrected chi connectivity index (χ3v) is 6.31. The van der Waals surface area contributed by atoms with Gasteiger partial charge < -0.3 is 15.0 Å². The molecule has 2 unspecified atom stereocenters. The van der Waals surface area contributed by atoms with E-state index in [1.807, 2.05) is 66.7 Å². The number of amides is 2. The standard InChI is InChI=1S/C29H31N3O3/c1-35-26-16-14-25(15-17-26)31-29(34)28(24-12-6-3-7-13-24)32(21-23-11-8-18-30-20-23)27(33)19-22-9-4-2-5-10-22/h2-6,8-11,14-18,20,24,28H,7,12-13,19,21H2,1H3,(H,31,34). The molecule has 0 spiro atoms. The Balaban J connectivity index is 1.65. The van der Waals surface area contributed by atoms with E-state index < -0.39 is 6.04 Å². The van der Waals surface area contributed by atoms with E-state index in [0.29, 0.717) is 18.0 Å². The summed E-state index contributed by atoms with van der Waals surface area (Å²) in [4.78, 5) is 33.5. The second kappa shape index (κ2) is 12.0. The normalized spacial score (nSPS) is 15.7. The van der Waals surface area contributed by atoms with Crippen molar-refractivity contribution in [2.24, 2.45) is 5.92 Å². The fraction of sp³-hybridized carbons (Fsp3) is 0.276. The van der Waals surface area contributed by atoms with Crippen molar-refractivity contribution in [1.29, 1.82) is 0 Å². The molecule has 0 aliphatic heterocycles. The van der Waals surface area contributed by atoms with Crippen molar-refractivity contribution >= 4 is 17.5 Å². The van der Waals surface area contributed by atoms with Gasteiger partial charge in [0.15, 0.2) is 0 Å². The van der Waals surface area contributed by atoms with E-state index in [0.717, 1.165) is 30.4 Å². The number of anilines is 1. The smallest absolute Gasteiger partial charge is 0.247 e. The molecule has 0 saturated carbocycles. The van der Waals surface area contributed by atoms with E-state index in [9.17, 15) is 9.59 Å². The molecule has 0 bridgehead atoms. The number of allylic oxidation sites excluding steroid dienone is 2. The number of aromatic nitrogens is 1. The minimum Gasteiger partial charge on any atom is -0.497 e. The van der Waals surface area contributed by atoms with Crippen LogP contribution in [-0.4, -0.2) is 34.8 Å². The number of nitrogens with zero attached hydrogens (tertiary/aromatic N) is 2. The molecule has 2 amide bonds. The monoisotopic (exact) mass is 469 g/mol. The van der Waals surface area contributed by atoms with E-state index in [1.165, 1.54) is 0 Å². The Bertz CT molecular complexity index is 1130. The van der Waals surface area contributed by atoms with Crippen molar-refractivity contribution in [3.05, 3.63) is 102 Å². The van der Waals surface area contributed by atoms with E-state index >= 15 is 0 Å².